The van der Waals surface area contributed by atoms with Crippen molar-refractivity contribution in [2.45, 2.75) is 32.5 Å². The Balaban J connectivity index is 3.43. The van der Waals surface area contributed by atoms with Crippen molar-refractivity contribution in [1.82, 2.24) is 0 Å². The number of hydrogen-bond acceptors (Lipinski definition) is 1. The molecular formula is C6H15ClOSi. The maximum absolute atomic E-state index is 5.43. The van der Waals surface area contributed by atoms with Crippen molar-refractivity contribution in [1.29, 1.82) is 0 Å². The van der Waals surface area contributed by atoms with Crippen LogP contribution in [0.5, 0.6) is 0 Å². The zero-order valence-corrected chi connectivity index (χ0v) is 8.16. The van der Waals surface area contributed by atoms with Crippen LogP contribution in [0.1, 0.15) is 13.3 Å². The Morgan fingerprint density at radius 3 is 2.33 bits per heavy atom. The van der Waals surface area contributed by atoms with Crippen molar-refractivity contribution in [3.05, 3.63) is 0 Å². The van der Waals surface area contributed by atoms with Gasteiger partial charge in [0.1, 0.15) is 6.07 Å². The normalized spacial score (nSPS) is 12.0. The summed E-state index contributed by atoms with van der Waals surface area (Å²) in [6, 6.07) is 1.57. The molecule has 0 rings (SSSR count). The van der Waals surface area contributed by atoms with Gasteiger partial charge in [-0.1, -0.05) is 24.9 Å². The largest absolute Gasteiger partial charge is 0.404 e. The second kappa shape index (κ2) is 4.31. The summed E-state index contributed by atoms with van der Waals surface area (Å²) in [5, 5.41) is 0. The topological polar surface area (TPSA) is 9.23 Å². The fourth-order valence-corrected chi connectivity index (χ4v) is 3.35. The second-order valence-corrected chi connectivity index (χ2v) is 7.29. The Morgan fingerprint density at radius 1 is 1.44 bits per heavy atom. The standard InChI is InChI=1S/C6H15ClOSi/c1-4-5-9(2,3)8-6-7/h4-6H2,1-3H3. The van der Waals surface area contributed by atoms with Crippen molar-refractivity contribution in [3.8, 4) is 0 Å². The predicted molar refractivity (Wildman–Crippen MR) is 44.4 cm³/mol. The average Bonchev–Trinajstić information content (AvgIpc) is 1.64. The summed E-state index contributed by atoms with van der Waals surface area (Å²) in [7, 11) is -1.34. The van der Waals surface area contributed by atoms with Gasteiger partial charge in [0, 0.05) is 0 Å². The third kappa shape index (κ3) is 4.94. The molecular weight excluding hydrogens is 152 g/mol. The van der Waals surface area contributed by atoms with E-state index >= 15 is 0 Å². The van der Waals surface area contributed by atoms with Crippen LogP contribution in [0.4, 0.5) is 0 Å². The molecule has 0 unspecified atom stereocenters. The lowest BCUT2D eigenvalue weighted by molar-refractivity contribution is 0.376. The molecule has 0 fully saturated rings. The van der Waals surface area contributed by atoms with E-state index in [0.717, 1.165) is 0 Å². The number of hydrogen-bond donors (Lipinski definition) is 0. The highest BCUT2D eigenvalue weighted by molar-refractivity contribution is 6.71. The molecule has 0 N–H and O–H groups in total. The molecule has 0 amide bonds. The highest BCUT2D eigenvalue weighted by atomic mass is 35.5. The fraction of sp³-hybridized carbons (Fsp3) is 1.00. The Kier molecular flexibility index (Phi) is 4.53. The first kappa shape index (κ1) is 9.47. The molecule has 0 aliphatic rings. The molecule has 0 spiro atoms. The van der Waals surface area contributed by atoms with Gasteiger partial charge in [0.25, 0.3) is 0 Å². The average molecular weight is 167 g/mol. The summed E-state index contributed by atoms with van der Waals surface area (Å²) in [4.78, 5) is 0. The van der Waals surface area contributed by atoms with Crippen LogP contribution in [0.25, 0.3) is 0 Å². The molecule has 0 radical (unpaired) electrons. The van der Waals surface area contributed by atoms with Gasteiger partial charge in [-0.15, -0.1) is 0 Å². The molecule has 0 bridgehead atoms. The van der Waals surface area contributed by atoms with Crippen LogP contribution in [0.2, 0.25) is 19.1 Å². The first-order chi connectivity index (χ1) is 4.12. The summed E-state index contributed by atoms with van der Waals surface area (Å²) < 4.78 is 5.37. The first-order valence-electron chi connectivity index (χ1n) is 3.32. The van der Waals surface area contributed by atoms with E-state index in [2.05, 4.69) is 20.0 Å². The summed E-state index contributed by atoms with van der Waals surface area (Å²) in [5.41, 5.74) is 0. The molecule has 3 heteroatoms. The van der Waals surface area contributed by atoms with Crippen molar-refractivity contribution in [3.63, 3.8) is 0 Å². The monoisotopic (exact) mass is 166 g/mol. The van der Waals surface area contributed by atoms with Crippen LogP contribution in [0.15, 0.2) is 0 Å². The Bertz CT molecular complexity index is 67.5. The van der Waals surface area contributed by atoms with Crippen LogP contribution in [-0.4, -0.2) is 14.4 Å². The maximum atomic E-state index is 5.43. The van der Waals surface area contributed by atoms with Gasteiger partial charge in [-0.25, -0.2) is 0 Å². The first-order valence-corrected chi connectivity index (χ1v) is 6.97. The molecule has 0 atom stereocenters. The third-order valence-electron chi connectivity index (χ3n) is 1.30. The maximum Gasteiger partial charge on any atom is 0.188 e. The lowest BCUT2D eigenvalue weighted by Gasteiger charge is -2.19. The van der Waals surface area contributed by atoms with Crippen molar-refractivity contribution in [2.75, 3.05) is 6.07 Å². The number of rotatable bonds is 4. The molecule has 0 saturated carbocycles. The van der Waals surface area contributed by atoms with Gasteiger partial charge in [-0.3, -0.25) is 0 Å². The van der Waals surface area contributed by atoms with E-state index in [9.17, 15) is 0 Å². The van der Waals surface area contributed by atoms with Crippen molar-refractivity contribution in [2.24, 2.45) is 0 Å². The highest BCUT2D eigenvalue weighted by Crippen LogP contribution is 2.12. The van der Waals surface area contributed by atoms with Gasteiger partial charge < -0.3 is 4.43 Å². The minimum atomic E-state index is -1.34. The molecule has 56 valence electrons. The van der Waals surface area contributed by atoms with Gasteiger partial charge >= 0.3 is 0 Å². The minimum Gasteiger partial charge on any atom is -0.404 e. The zero-order valence-electron chi connectivity index (χ0n) is 6.41. The lowest BCUT2D eigenvalue weighted by atomic mass is 10.6. The summed E-state index contributed by atoms with van der Waals surface area (Å²) >= 11 is 5.43. The van der Waals surface area contributed by atoms with Crippen LogP contribution in [0.3, 0.4) is 0 Å². The van der Waals surface area contributed by atoms with Crippen LogP contribution >= 0.6 is 11.6 Å². The van der Waals surface area contributed by atoms with Crippen molar-refractivity contribution >= 4 is 19.9 Å². The van der Waals surface area contributed by atoms with Crippen LogP contribution < -0.4 is 0 Å². The molecule has 0 heterocycles. The van der Waals surface area contributed by atoms with E-state index in [0.29, 0.717) is 6.07 Å². The quantitative estimate of drug-likeness (QED) is 0.461. The van der Waals surface area contributed by atoms with E-state index in [1.54, 1.807) is 0 Å². The third-order valence-corrected chi connectivity index (χ3v) is 4.22. The summed E-state index contributed by atoms with van der Waals surface area (Å²) in [6.45, 7) is 6.56. The van der Waals surface area contributed by atoms with E-state index in [1.807, 2.05) is 0 Å². The number of halogens is 1. The van der Waals surface area contributed by atoms with Gasteiger partial charge in [0.2, 0.25) is 0 Å². The van der Waals surface area contributed by atoms with Gasteiger partial charge in [-0.2, -0.15) is 0 Å². The molecule has 1 nitrogen and oxygen atoms in total. The van der Waals surface area contributed by atoms with Crippen LogP contribution in [-0.2, 0) is 4.43 Å². The smallest absolute Gasteiger partial charge is 0.188 e. The fourth-order valence-electron chi connectivity index (χ4n) is 0.822. The van der Waals surface area contributed by atoms with E-state index in [4.69, 9.17) is 16.0 Å². The Hall–Kier alpha value is 0.467. The van der Waals surface area contributed by atoms with Crippen LogP contribution in [0, 0.1) is 0 Å². The zero-order chi connectivity index (χ0) is 7.33. The molecule has 0 aromatic carbocycles. The number of alkyl halides is 1. The minimum absolute atomic E-state index is 0.360. The van der Waals surface area contributed by atoms with E-state index in [-0.39, 0.29) is 0 Å². The molecule has 0 aliphatic carbocycles. The van der Waals surface area contributed by atoms with E-state index in [1.165, 1.54) is 12.5 Å². The summed E-state index contributed by atoms with van der Waals surface area (Å²) in [6.07, 6.45) is 1.20. The highest BCUT2D eigenvalue weighted by Gasteiger charge is 2.19. The van der Waals surface area contributed by atoms with Crippen molar-refractivity contribution < 1.29 is 4.43 Å². The molecule has 0 saturated heterocycles. The van der Waals surface area contributed by atoms with Gasteiger partial charge in [-0.05, 0) is 19.1 Å². The van der Waals surface area contributed by atoms with E-state index < -0.39 is 8.32 Å². The molecule has 0 aliphatic heterocycles. The molecule has 0 aromatic rings. The second-order valence-electron chi connectivity index (χ2n) is 2.76. The lowest BCUT2D eigenvalue weighted by Crippen LogP contribution is -2.29. The Morgan fingerprint density at radius 2 is 2.00 bits per heavy atom. The summed E-state index contributed by atoms with van der Waals surface area (Å²) in [5.74, 6) is 0. The van der Waals surface area contributed by atoms with Gasteiger partial charge in [0.05, 0.1) is 0 Å². The molecule has 0 aromatic heterocycles. The SMILES string of the molecule is CCC[Si](C)(C)OCCl. The predicted octanol–water partition coefficient (Wildman–Crippen LogP) is 2.81. The Labute approximate surface area is 63.5 Å². The van der Waals surface area contributed by atoms with Gasteiger partial charge in [0.15, 0.2) is 8.32 Å². The molecule has 9 heavy (non-hydrogen) atoms.